The third kappa shape index (κ3) is 3.06. The minimum atomic E-state index is -0.571. The molecule has 1 spiro atoms. The molecule has 5 rings (SSSR count). The molecule has 0 aromatic carbocycles. The Morgan fingerprint density at radius 1 is 1.12 bits per heavy atom. The summed E-state index contributed by atoms with van der Waals surface area (Å²) in [5, 5.41) is 0. The molecule has 5 aliphatic rings. The normalized spacial score (nSPS) is 46.1. The van der Waals surface area contributed by atoms with Crippen molar-refractivity contribution in [1.82, 2.24) is 0 Å². The average Bonchev–Trinajstić information content (AvgIpc) is 3.27. The Bertz CT molecular complexity index is 952. The molecule has 0 aromatic rings. The van der Waals surface area contributed by atoms with E-state index in [1.807, 2.05) is 0 Å². The van der Waals surface area contributed by atoms with Gasteiger partial charge < -0.3 is 14.2 Å². The molecule has 3 unspecified atom stereocenters. The molecule has 1 aliphatic heterocycles. The highest BCUT2D eigenvalue weighted by Crippen LogP contribution is 2.71. The largest absolute Gasteiger partial charge is 0.469 e. The zero-order valence-corrected chi connectivity index (χ0v) is 20.0. The monoisotopic (exact) mass is 458 g/mol. The first-order chi connectivity index (χ1) is 15.5. The van der Waals surface area contributed by atoms with Gasteiger partial charge >= 0.3 is 17.9 Å². The van der Waals surface area contributed by atoms with Crippen molar-refractivity contribution < 1.29 is 33.4 Å². The van der Waals surface area contributed by atoms with E-state index >= 15 is 0 Å². The number of carbonyl (C=O) groups is 4. The second-order valence-electron chi connectivity index (χ2n) is 11.4. The molecule has 0 radical (unpaired) electrons. The van der Waals surface area contributed by atoms with Crippen LogP contribution in [0.4, 0.5) is 0 Å². The van der Waals surface area contributed by atoms with Gasteiger partial charge in [0.1, 0.15) is 11.7 Å². The van der Waals surface area contributed by atoms with Gasteiger partial charge in [0.15, 0.2) is 5.78 Å². The van der Waals surface area contributed by atoms with Gasteiger partial charge in [-0.05, 0) is 61.9 Å². The molecule has 3 saturated carbocycles. The number of allylic oxidation sites excluding steroid dienone is 1. The van der Waals surface area contributed by atoms with Gasteiger partial charge in [0, 0.05) is 31.1 Å². The molecule has 33 heavy (non-hydrogen) atoms. The lowest BCUT2D eigenvalue weighted by Crippen LogP contribution is -2.63. The molecule has 4 fully saturated rings. The Hall–Kier alpha value is -2.18. The molecule has 0 N–H and O–H groups in total. The maximum atomic E-state index is 13.1. The van der Waals surface area contributed by atoms with Crippen molar-refractivity contribution in [2.75, 3.05) is 7.11 Å². The second-order valence-corrected chi connectivity index (χ2v) is 11.4. The first-order valence-electron chi connectivity index (χ1n) is 12.3. The summed E-state index contributed by atoms with van der Waals surface area (Å²) in [5.41, 5.74) is -0.309. The number of fused-ring (bicyclic) bond motifs is 6. The average molecular weight is 459 g/mol. The molecule has 0 aromatic heterocycles. The van der Waals surface area contributed by atoms with Crippen LogP contribution in [0.25, 0.3) is 0 Å². The zero-order valence-electron chi connectivity index (χ0n) is 20.0. The van der Waals surface area contributed by atoms with Crippen molar-refractivity contribution in [1.29, 1.82) is 0 Å². The molecule has 1 saturated heterocycles. The summed E-state index contributed by atoms with van der Waals surface area (Å²) < 4.78 is 17.3. The number of rotatable bonds is 2. The summed E-state index contributed by atoms with van der Waals surface area (Å²) in [6.07, 6.45) is 6.24. The van der Waals surface area contributed by atoms with E-state index in [1.54, 1.807) is 6.08 Å². The van der Waals surface area contributed by atoms with Crippen molar-refractivity contribution in [3.63, 3.8) is 0 Å². The summed E-state index contributed by atoms with van der Waals surface area (Å²) in [6.45, 7) is 5.77. The SMILES string of the molecule is COC(=O)[C@@H]1CC2=CC(=O)CC[C@]2(C)C2C1C1CC[C@@]3(CCC(=O)O3)[C@@]1(C)C[C@H]2OC(C)=O. The van der Waals surface area contributed by atoms with Crippen LogP contribution in [-0.4, -0.2) is 42.5 Å². The van der Waals surface area contributed by atoms with Crippen molar-refractivity contribution in [3.8, 4) is 0 Å². The Labute approximate surface area is 194 Å². The Morgan fingerprint density at radius 3 is 2.52 bits per heavy atom. The number of ether oxygens (including phenoxy) is 3. The van der Waals surface area contributed by atoms with Crippen LogP contribution in [0.2, 0.25) is 0 Å². The van der Waals surface area contributed by atoms with E-state index in [0.29, 0.717) is 38.5 Å². The van der Waals surface area contributed by atoms with Gasteiger partial charge in [0.25, 0.3) is 0 Å². The summed E-state index contributed by atoms with van der Waals surface area (Å²) in [5.74, 6) is -1.15. The summed E-state index contributed by atoms with van der Waals surface area (Å²) in [7, 11) is 1.41. The molecule has 8 atom stereocenters. The fourth-order valence-electron chi connectivity index (χ4n) is 8.64. The molecular formula is C26H34O7. The first-order valence-corrected chi connectivity index (χ1v) is 12.3. The van der Waals surface area contributed by atoms with E-state index < -0.39 is 23.0 Å². The summed E-state index contributed by atoms with van der Waals surface area (Å²) >= 11 is 0. The molecule has 1 heterocycles. The lowest BCUT2D eigenvalue weighted by molar-refractivity contribution is -0.207. The lowest BCUT2D eigenvalue weighted by atomic mass is 9.43. The predicted octanol–water partition coefficient (Wildman–Crippen LogP) is 3.53. The molecule has 180 valence electrons. The minimum Gasteiger partial charge on any atom is -0.469 e. The topological polar surface area (TPSA) is 96.0 Å². The van der Waals surface area contributed by atoms with E-state index in [-0.39, 0.29) is 46.9 Å². The van der Waals surface area contributed by atoms with Gasteiger partial charge in [-0.25, -0.2) is 0 Å². The predicted molar refractivity (Wildman–Crippen MR) is 117 cm³/mol. The van der Waals surface area contributed by atoms with Gasteiger partial charge in [-0.1, -0.05) is 19.4 Å². The van der Waals surface area contributed by atoms with Crippen molar-refractivity contribution in [2.45, 2.75) is 83.8 Å². The fraction of sp³-hybridized carbons (Fsp3) is 0.769. The number of esters is 3. The standard InChI is InChI=1S/C26H34O7/c1-14(27)32-19-13-25(3)18(6-9-26(25)10-7-20(29)33-26)21-17(23(30)31-4)12-15-11-16(28)5-8-24(15,2)22(19)21/h11,17-19,21-22H,5-10,12-13H2,1-4H3/t17-,18?,19-,21?,22?,24+,25+,26-/m1/s1. The second kappa shape index (κ2) is 7.41. The zero-order chi connectivity index (χ0) is 23.8. The van der Waals surface area contributed by atoms with Crippen LogP contribution in [0.5, 0.6) is 0 Å². The number of methoxy groups -OCH3 is 1. The Morgan fingerprint density at radius 2 is 1.88 bits per heavy atom. The first kappa shape index (κ1) is 22.6. The third-order valence-corrected chi connectivity index (χ3v) is 10.1. The van der Waals surface area contributed by atoms with Crippen LogP contribution in [-0.2, 0) is 33.4 Å². The van der Waals surface area contributed by atoms with Crippen LogP contribution in [0.1, 0.15) is 72.1 Å². The summed E-state index contributed by atoms with van der Waals surface area (Å²) in [4.78, 5) is 50.0. The molecule has 4 aliphatic carbocycles. The molecule has 0 amide bonds. The van der Waals surface area contributed by atoms with Gasteiger partial charge in [-0.3, -0.25) is 19.2 Å². The molecule has 7 nitrogen and oxygen atoms in total. The third-order valence-electron chi connectivity index (χ3n) is 10.1. The van der Waals surface area contributed by atoms with E-state index in [4.69, 9.17) is 14.2 Å². The van der Waals surface area contributed by atoms with Gasteiger partial charge in [0.2, 0.25) is 0 Å². The van der Waals surface area contributed by atoms with Crippen molar-refractivity contribution in [3.05, 3.63) is 11.6 Å². The highest BCUT2D eigenvalue weighted by Gasteiger charge is 2.71. The fourth-order valence-corrected chi connectivity index (χ4v) is 8.64. The molecule has 7 heteroatoms. The van der Waals surface area contributed by atoms with E-state index in [2.05, 4.69) is 13.8 Å². The smallest absolute Gasteiger partial charge is 0.309 e. The van der Waals surface area contributed by atoms with E-state index in [1.165, 1.54) is 14.0 Å². The van der Waals surface area contributed by atoms with Crippen LogP contribution in [0.3, 0.4) is 0 Å². The highest BCUT2D eigenvalue weighted by molar-refractivity contribution is 5.92. The van der Waals surface area contributed by atoms with Gasteiger partial charge in [-0.2, -0.15) is 0 Å². The molecular weight excluding hydrogens is 424 g/mol. The highest BCUT2D eigenvalue weighted by atomic mass is 16.6. The summed E-state index contributed by atoms with van der Waals surface area (Å²) in [6, 6.07) is 0. The number of hydrogen-bond acceptors (Lipinski definition) is 7. The minimum absolute atomic E-state index is 0.0745. The Balaban J connectivity index is 1.66. The lowest BCUT2D eigenvalue weighted by Gasteiger charge is -2.62. The van der Waals surface area contributed by atoms with E-state index in [0.717, 1.165) is 18.4 Å². The van der Waals surface area contributed by atoms with Crippen molar-refractivity contribution >= 4 is 23.7 Å². The number of carbonyl (C=O) groups excluding carboxylic acids is 4. The quantitative estimate of drug-likeness (QED) is 0.461. The van der Waals surface area contributed by atoms with E-state index in [9.17, 15) is 19.2 Å². The maximum Gasteiger partial charge on any atom is 0.309 e. The van der Waals surface area contributed by atoms with Gasteiger partial charge in [-0.15, -0.1) is 0 Å². The Kier molecular flexibility index (Phi) is 5.07. The molecule has 0 bridgehead atoms. The van der Waals surface area contributed by atoms with Crippen LogP contribution in [0, 0.1) is 34.5 Å². The van der Waals surface area contributed by atoms with Crippen LogP contribution in [0.15, 0.2) is 11.6 Å². The maximum absolute atomic E-state index is 13.1. The number of ketones is 1. The number of hydrogen-bond donors (Lipinski definition) is 0. The van der Waals surface area contributed by atoms with Crippen LogP contribution < -0.4 is 0 Å². The van der Waals surface area contributed by atoms with Crippen molar-refractivity contribution in [2.24, 2.45) is 34.5 Å². The van der Waals surface area contributed by atoms with Crippen LogP contribution >= 0.6 is 0 Å². The van der Waals surface area contributed by atoms with Gasteiger partial charge in [0.05, 0.1) is 13.0 Å².